The molecule has 9 nitrogen and oxygen atoms in total. The van der Waals surface area contributed by atoms with Crippen molar-refractivity contribution in [2.24, 2.45) is 0 Å². The van der Waals surface area contributed by atoms with Gasteiger partial charge >= 0.3 is 5.97 Å². The maximum absolute atomic E-state index is 15.5. The minimum absolute atomic E-state index is 0.129. The van der Waals surface area contributed by atoms with E-state index in [2.05, 4.69) is 15.3 Å². The van der Waals surface area contributed by atoms with Gasteiger partial charge in [-0.1, -0.05) is 48.0 Å². The minimum atomic E-state index is -1.46. The first-order valence-electron chi connectivity index (χ1n) is 13.6. The van der Waals surface area contributed by atoms with Crippen molar-refractivity contribution in [1.82, 2.24) is 14.9 Å². The van der Waals surface area contributed by atoms with E-state index >= 15 is 4.39 Å². The Morgan fingerprint density at radius 2 is 1.77 bits per heavy atom. The van der Waals surface area contributed by atoms with E-state index in [1.165, 1.54) is 18.2 Å². The smallest absolute Gasteiger partial charge is 0.341 e. The van der Waals surface area contributed by atoms with E-state index in [4.69, 9.17) is 21.4 Å². The molecule has 12 heteroatoms. The number of hydrogen-bond acceptors (Lipinski definition) is 6. The number of likely N-dealkylation sites (tertiary alicyclic amines) is 1. The maximum Gasteiger partial charge on any atom is 0.341 e. The van der Waals surface area contributed by atoms with Crippen LogP contribution in [0.3, 0.4) is 0 Å². The monoisotopic (exact) mass is 620 g/mol. The number of amides is 2. The molecule has 5 rings (SSSR count). The summed E-state index contributed by atoms with van der Waals surface area (Å²) in [5.74, 6) is -2.42. The number of aliphatic carboxylic acids is 1. The number of halogens is 3. The van der Waals surface area contributed by atoms with E-state index in [0.29, 0.717) is 33.1 Å². The number of hydrogen-bond donors (Lipinski definition) is 2. The van der Waals surface area contributed by atoms with Gasteiger partial charge in [0, 0.05) is 40.5 Å². The largest absolute Gasteiger partial charge is 0.482 e. The van der Waals surface area contributed by atoms with Crippen molar-refractivity contribution < 1.29 is 33.0 Å². The predicted octanol–water partition coefficient (Wildman–Crippen LogP) is 5.50. The second-order valence-corrected chi connectivity index (χ2v) is 10.7. The van der Waals surface area contributed by atoms with E-state index in [1.54, 1.807) is 61.8 Å². The van der Waals surface area contributed by atoms with Gasteiger partial charge in [0.15, 0.2) is 12.4 Å². The molecule has 1 saturated heterocycles. The molecule has 2 heterocycles. The Labute approximate surface area is 256 Å². The second-order valence-electron chi connectivity index (χ2n) is 10.3. The summed E-state index contributed by atoms with van der Waals surface area (Å²) in [5.41, 5.74) is 2.10. The number of carbonyl (C=O) groups is 3. The highest BCUT2D eigenvalue weighted by atomic mass is 35.5. The Kier molecular flexibility index (Phi) is 9.15. The van der Waals surface area contributed by atoms with E-state index < -0.39 is 42.4 Å². The number of aryl methyl sites for hydroxylation is 1. The Bertz CT molecular complexity index is 1720. The third kappa shape index (κ3) is 7.00. The molecule has 1 fully saturated rings. The molecule has 0 spiro atoms. The molecule has 0 unspecified atom stereocenters. The molecular formula is C32H27ClF2N4O5. The zero-order chi connectivity index (χ0) is 31.4. The summed E-state index contributed by atoms with van der Waals surface area (Å²) in [7, 11) is 0. The normalized spacial score (nSPS) is 16.0. The molecule has 1 aromatic heterocycles. The lowest BCUT2D eigenvalue weighted by Gasteiger charge is -2.24. The summed E-state index contributed by atoms with van der Waals surface area (Å²) >= 11 is 6.24. The molecule has 0 saturated carbocycles. The SMILES string of the molecule is Cc1ncc(-c2cc(CC(=O)N3C[C@H](F)C[C@H]3C(=O)Nc3cccc(-c4ccccc4Cl)c3F)cc(OCC(=O)O)c2)cn1. The van der Waals surface area contributed by atoms with Gasteiger partial charge in [0.2, 0.25) is 11.8 Å². The molecule has 4 aromatic rings. The van der Waals surface area contributed by atoms with Crippen LogP contribution >= 0.6 is 11.6 Å². The lowest BCUT2D eigenvalue weighted by molar-refractivity contribution is -0.139. The van der Waals surface area contributed by atoms with E-state index in [9.17, 15) is 18.8 Å². The summed E-state index contributed by atoms with van der Waals surface area (Å²) in [6, 6.07) is 14.8. The molecule has 2 atom stereocenters. The third-order valence-corrected chi connectivity index (χ3v) is 7.42. The summed E-state index contributed by atoms with van der Waals surface area (Å²) < 4.78 is 35.5. The Morgan fingerprint density at radius 3 is 2.50 bits per heavy atom. The molecular weight excluding hydrogens is 594 g/mol. The van der Waals surface area contributed by atoms with Gasteiger partial charge in [-0.05, 0) is 42.3 Å². The van der Waals surface area contributed by atoms with Gasteiger partial charge in [-0.25, -0.2) is 23.5 Å². The fourth-order valence-electron chi connectivity index (χ4n) is 5.02. The van der Waals surface area contributed by atoms with E-state index in [-0.39, 0.29) is 36.4 Å². The van der Waals surface area contributed by atoms with Crippen LogP contribution in [0.4, 0.5) is 14.5 Å². The van der Waals surface area contributed by atoms with Crippen molar-refractivity contribution in [1.29, 1.82) is 0 Å². The average Bonchev–Trinajstić information content (AvgIpc) is 3.40. The van der Waals surface area contributed by atoms with Crippen LogP contribution in [0.25, 0.3) is 22.3 Å². The molecule has 226 valence electrons. The number of carboxylic acid groups (broad SMARTS) is 1. The summed E-state index contributed by atoms with van der Waals surface area (Å²) in [6.45, 7) is 0.811. The average molecular weight is 621 g/mol. The molecule has 3 aromatic carbocycles. The van der Waals surface area contributed by atoms with Gasteiger partial charge in [0.05, 0.1) is 18.7 Å². The number of ether oxygens (including phenoxy) is 1. The van der Waals surface area contributed by atoms with Gasteiger partial charge in [0.25, 0.3) is 0 Å². The standard InChI is InChI=1S/C32H27ClF2N4O5/c1-18-36-14-21(15-37-18)20-9-19(10-23(12-20)44-17-30(41)42)11-29(40)39-16-22(34)13-28(39)32(43)38-27-8-4-6-25(31(27)35)24-5-2-3-7-26(24)33/h2-10,12,14-15,22,28H,11,13,16-17H2,1H3,(H,38,43)(H,41,42)/t22-,28+/m1/s1. The highest BCUT2D eigenvalue weighted by molar-refractivity contribution is 6.33. The number of nitrogens with one attached hydrogen (secondary N) is 1. The molecule has 2 N–H and O–H groups in total. The molecule has 1 aliphatic heterocycles. The first-order chi connectivity index (χ1) is 21.1. The Balaban J connectivity index is 1.36. The number of alkyl halides is 1. The fourth-order valence-corrected chi connectivity index (χ4v) is 5.25. The number of nitrogens with zero attached hydrogens (tertiary/aromatic N) is 3. The van der Waals surface area contributed by atoms with Crippen LogP contribution in [0.5, 0.6) is 5.75 Å². The van der Waals surface area contributed by atoms with Crippen molar-refractivity contribution in [3.63, 3.8) is 0 Å². The van der Waals surface area contributed by atoms with Crippen LogP contribution in [-0.4, -0.2) is 63.1 Å². The van der Waals surface area contributed by atoms with Crippen molar-refractivity contribution >= 4 is 35.1 Å². The molecule has 0 radical (unpaired) electrons. The fraction of sp³-hybridized carbons (Fsp3) is 0.219. The molecule has 0 bridgehead atoms. The second kappa shape index (κ2) is 13.2. The highest BCUT2D eigenvalue weighted by Gasteiger charge is 2.40. The Morgan fingerprint density at radius 1 is 1.05 bits per heavy atom. The molecule has 0 aliphatic carbocycles. The first kappa shape index (κ1) is 30.6. The number of rotatable bonds is 9. The number of benzene rings is 3. The predicted molar refractivity (Wildman–Crippen MR) is 160 cm³/mol. The van der Waals surface area contributed by atoms with Gasteiger partial charge in [-0.15, -0.1) is 0 Å². The summed E-state index contributed by atoms with van der Waals surface area (Å²) in [5, 5.41) is 11.9. The topological polar surface area (TPSA) is 122 Å². The van der Waals surface area contributed by atoms with E-state index in [0.717, 1.165) is 4.90 Å². The lowest BCUT2D eigenvalue weighted by Crippen LogP contribution is -2.44. The molecule has 44 heavy (non-hydrogen) atoms. The zero-order valence-corrected chi connectivity index (χ0v) is 24.2. The summed E-state index contributed by atoms with van der Waals surface area (Å²) in [4.78, 5) is 47.4. The Hall–Kier alpha value is -4.90. The van der Waals surface area contributed by atoms with Gasteiger partial charge < -0.3 is 20.1 Å². The van der Waals surface area contributed by atoms with Crippen LogP contribution in [-0.2, 0) is 20.8 Å². The molecule has 1 aliphatic rings. The summed E-state index contributed by atoms with van der Waals surface area (Å²) in [6.07, 6.45) is 1.21. The third-order valence-electron chi connectivity index (χ3n) is 7.09. The number of aromatic nitrogens is 2. The van der Waals surface area contributed by atoms with Gasteiger partial charge in [0.1, 0.15) is 23.8 Å². The lowest BCUT2D eigenvalue weighted by atomic mass is 10.0. The van der Waals surface area contributed by atoms with Crippen LogP contribution < -0.4 is 10.1 Å². The maximum atomic E-state index is 15.5. The quantitative estimate of drug-likeness (QED) is 0.254. The van der Waals surface area contributed by atoms with Gasteiger partial charge in [-0.3, -0.25) is 9.59 Å². The number of anilines is 1. The van der Waals surface area contributed by atoms with Gasteiger partial charge in [-0.2, -0.15) is 0 Å². The number of carboxylic acids is 1. The zero-order valence-electron chi connectivity index (χ0n) is 23.5. The van der Waals surface area contributed by atoms with E-state index in [1.807, 2.05) is 0 Å². The van der Waals surface area contributed by atoms with Crippen LogP contribution in [0.1, 0.15) is 17.8 Å². The van der Waals surface area contributed by atoms with Crippen molar-refractivity contribution in [3.8, 4) is 28.0 Å². The number of carbonyl (C=O) groups excluding carboxylic acids is 2. The highest BCUT2D eigenvalue weighted by Crippen LogP contribution is 2.33. The van der Waals surface area contributed by atoms with Crippen molar-refractivity contribution in [2.75, 3.05) is 18.5 Å². The van der Waals surface area contributed by atoms with Crippen molar-refractivity contribution in [2.45, 2.75) is 32.0 Å². The van der Waals surface area contributed by atoms with Crippen LogP contribution in [0, 0.1) is 12.7 Å². The first-order valence-corrected chi connectivity index (χ1v) is 14.0. The van der Waals surface area contributed by atoms with Crippen LogP contribution in [0.2, 0.25) is 5.02 Å². The minimum Gasteiger partial charge on any atom is -0.482 e. The molecule has 2 amide bonds. The van der Waals surface area contributed by atoms with Crippen LogP contribution in [0.15, 0.2) is 73.1 Å². The van der Waals surface area contributed by atoms with Crippen molar-refractivity contribution in [3.05, 3.63) is 95.3 Å².